The first-order valence-electron chi connectivity index (χ1n) is 2.45. The van der Waals surface area contributed by atoms with E-state index in [1.807, 2.05) is 6.92 Å². The van der Waals surface area contributed by atoms with Crippen LogP contribution in [0.1, 0.15) is 13.3 Å². The van der Waals surface area contributed by atoms with Crippen LogP contribution in [-0.2, 0) is 9.59 Å². The number of rotatable bonds is 3. The van der Waals surface area contributed by atoms with E-state index in [4.69, 9.17) is 0 Å². The predicted octanol–water partition coefficient (Wildman–Crippen LogP) is 0.721. The lowest BCUT2D eigenvalue weighted by atomic mass is 10.3. The summed E-state index contributed by atoms with van der Waals surface area (Å²) < 4.78 is 0. The van der Waals surface area contributed by atoms with Gasteiger partial charge >= 0.3 is 0 Å². The minimum Gasteiger partial charge on any atom is -0.298 e. The van der Waals surface area contributed by atoms with Crippen LogP contribution in [0.25, 0.3) is 0 Å². The minimum atomic E-state index is 0.229. The molecular weight excluding hydrogens is 104 g/mol. The molecule has 0 aliphatic carbocycles. The number of aldehydes is 2. The van der Waals surface area contributed by atoms with Crippen molar-refractivity contribution in [3.8, 4) is 0 Å². The highest BCUT2D eigenvalue weighted by molar-refractivity contribution is 5.99. The van der Waals surface area contributed by atoms with E-state index < -0.39 is 0 Å². The summed E-state index contributed by atoms with van der Waals surface area (Å²) in [6, 6.07) is 0. The van der Waals surface area contributed by atoms with E-state index in [9.17, 15) is 9.59 Å². The third-order valence-electron chi connectivity index (χ3n) is 0.712. The molecule has 0 aromatic carbocycles. The lowest BCUT2D eigenvalue weighted by Crippen LogP contribution is -1.83. The molecular formula is C6H8O2. The molecule has 0 heterocycles. The third kappa shape index (κ3) is 2.29. The normalized spacial score (nSPS) is 7.62. The zero-order valence-corrected chi connectivity index (χ0v) is 4.76. The smallest absolute Gasteiger partial charge is 0.153 e. The molecule has 2 heteroatoms. The number of carbonyl (C=O) groups excluding carboxylic acids is 2. The maximum Gasteiger partial charge on any atom is 0.153 e. The van der Waals surface area contributed by atoms with Gasteiger partial charge in [0.25, 0.3) is 0 Å². The van der Waals surface area contributed by atoms with Gasteiger partial charge in [0.1, 0.15) is 0 Å². The largest absolute Gasteiger partial charge is 0.298 e. The molecule has 0 aromatic rings. The van der Waals surface area contributed by atoms with Crippen LogP contribution in [0.3, 0.4) is 0 Å². The zero-order chi connectivity index (χ0) is 6.41. The van der Waals surface area contributed by atoms with Crippen LogP contribution in [0.5, 0.6) is 0 Å². The zero-order valence-electron chi connectivity index (χ0n) is 4.76. The maximum atomic E-state index is 9.83. The lowest BCUT2D eigenvalue weighted by molar-refractivity contribution is -0.109. The van der Waals surface area contributed by atoms with Crippen molar-refractivity contribution in [2.75, 3.05) is 0 Å². The Morgan fingerprint density at radius 1 is 1.38 bits per heavy atom. The fourth-order valence-electron chi connectivity index (χ4n) is 0.360. The Morgan fingerprint density at radius 3 is 2.00 bits per heavy atom. The molecule has 0 amide bonds. The second-order valence-corrected chi connectivity index (χ2v) is 1.35. The summed E-state index contributed by atoms with van der Waals surface area (Å²) in [7, 11) is 0. The molecule has 0 saturated carbocycles. The molecule has 44 valence electrons. The molecule has 0 saturated heterocycles. The summed E-state index contributed by atoms with van der Waals surface area (Å²) in [6.45, 7) is 1.87. The van der Waals surface area contributed by atoms with E-state index in [0.29, 0.717) is 12.6 Å². The van der Waals surface area contributed by atoms with Gasteiger partial charge in [-0.15, -0.1) is 0 Å². The predicted molar refractivity (Wildman–Crippen MR) is 30.5 cm³/mol. The first kappa shape index (κ1) is 7.08. The van der Waals surface area contributed by atoms with Crippen molar-refractivity contribution in [2.24, 2.45) is 0 Å². The number of hydrogen-bond donors (Lipinski definition) is 0. The first-order chi connectivity index (χ1) is 3.85. The number of carbonyl (C=O) groups is 2. The average Bonchev–Trinajstić information content (AvgIpc) is 1.83. The molecule has 0 rings (SSSR count). The van der Waals surface area contributed by atoms with Crippen molar-refractivity contribution in [2.45, 2.75) is 13.3 Å². The Kier molecular flexibility index (Phi) is 3.76. The Balaban J connectivity index is 3.85. The van der Waals surface area contributed by atoms with Crippen LogP contribution < -0.4 is 0 Å². The quantitative estimate of drug-likeness (QED) is 0.233. The summed E-state index contributed by atoms with van der Waals surface area (Å²) in [4.78, 5) is 19.7. The van der Waals surface area contributed by atoms with Crippen LogP contribution in [0.4, 0.5) is 0 Å². The highest BCUT2D eigenvalue weighted by Gasteiger charge is 1.85. The summed E-state index contributed by atoms with van der Waals surface area (Å²) in [5.41, 5.74) is 0.229. The molecule has 0 radical (unpaired) electrons. The second-order valence-electron chi connectivity index (χ2n) is 1.35. The summed E-state index contributed by atoms with van der Waals surface area (Å²) >= 11 is 0. The molecule has 2 nitrogen and oxygen atoms in total. The van der Waals surface area contributed by atoms with Crippen LogP contribution >= 0.6 is 0 Å². The highest BCUT2D eigenvalue weighted by Crippen LogP contribution is 1.85. The van der Waals surface area contributed by atoms with Gasteiger partial charge in [-0.1, -0.05) is 13.0 Å². The molecule has 8 heavy (non-hydrogen) atoms. The Bertz CT molecular complexity index is 104. The van der Waals surface area contributed by atoms with Crippen LogP contribution in [0, 0.1) is 0 Å². The Labute approximate surface area is 48.2 Å². The Hall–Kier alpha value is -0.920. The monoisotopic (exact) mass is 112 g/mol. The summed E-state index contributed by atoms with van der Waals surface area (Å²) in [5.74, 6) is 0. The SMILES string of the molecule is CCC=C(C=O)C=O. The number of allylic oxidation sites excluding steroid dienone is 2. The average molecular weight is 112 g/mol. The van der Waals surface area contributed by atoms with Gasteiger partial charge in [0.15, 0.2) is 12.6 Å². The van der Waals surface area contributed by atoms with Gasteiger partial charge in [-0.25, -0.2) is 0 Å². The van der Waals surface area contributed by atoms with Gasteiger partial charge in [0, 0.05) is 0 Å². The van der Waals surface area contributed by atoms with Crippen LogP contribution in [0.2, 0.25) is 0 Å². The van der Waals surface area contributed by atoms with Crippen molar-refractivity contribution in [3.63, 3.8) is 0 Å². The molecule has 0 bridgehead atoms. The lowest BCUT2D eigenvalue weighted by Gasteiger charge is -1.78. The second kappa shape index (κ2) is 4.24. The molecule has 0 spiro atoms. The van der Waals surface area contributed by atoms with Gasteiger partial charge in [0.05, 0.1) is 5.57 Å². The van der Waals surface area contributed by atoms with Gasteiger partial charge in [0.2, 0.25) is 0 Å². The minimum absolute atomic E-state index is 0.229. The fraction of sp³-hybridized carbons (Fsp3) is 0.333. The highest BCUT2D eigenvalue weighted by atomic mass is 16.1. The summed E-state index contributed by atoms with van der Waals surface area (Å²) in [6.07, 6.45) is 3.42. The van der Waals surface area contributed by atoms with E-state index in [1.165, 1.54) is 0 Å². The van der Waals surface area contributed by atoms with Crippen molar-refractivity contribution >= 4 is 12.6 Å². The van der Waals surface area contributed by atoms with Gasteiger partial charge < -0.3 is 0 Å². The Morgan fingerprint density at radius 2 is 1.88 bits per heavy atom. The van der Waals surface area contributed by atoms with Gasteiger partial charge in [-0.2, -0.15) is 0 Å². The van der Waals surface area contributed by atoms with E-state index in [1.54, 1.807) is 6.08 Å². The molecule has 0 aliphatic heterocycles. The number of hydrogen-bond acceptors (Lipinski definition) is 2. The van der Waals surface area contributed by atoms with E-state index in [2.05, 4.69) is 0 Å². The molecule has 0 aromatic heterocycles. The van der Waals surface area contributed by atoms with E-state index >= 15 is 0 Å². The standard InChI is InChI=1S/C6H8O2/c1-2-3-6(4-7)5-8/h3-5H,2H2,1H3. The van der Waals surface area contributed by atoms with E-state index in [0.717, 1.165) is 6.42 Å². The molecule has 0 unspecified atom stereocenters. The molecule has 0 N–H and O–H groups in total. The van der Waals surface area contributed by atoms with Crippen molar-refractivity contribution in [3.05, 3.63) is 11.6 Å². The van der Waals surface area contributed by atoms with Crippen molar-refractivity contribution < 1.29 is 9.59 Å². The van der Waals surface area contributed by atoms with Crippen molar-refractivity contribution in [1.82, 2.24) is 0 Å². The van der Waals surface area contributed by atoms with Gasteiger partial charge in [-0.3, -0.25) is 9.59 Å². The molecule has 0 atom stereocenters. The first-order valence-corrected chi connectivity index (χ1v) is 2.45. The molecule has 0 aliphatic rings. The van der Waals surface area contributed by atoms with Crippen LogP contribution in [-0.4, -0.2) is 12.6 Å². The summed E-state index contributed by atoms with van der Waals surface area (Å²) in [5, 5.41) is 0. The third-order valence-corrected chi connectivity index (χ3v) is 0.712. The fourth-order valence-corrected chi connectivity index (χ4v) is 0.360. The molecule has 0 fully saturated rings. The van der Waals surface area contributed by atoms with Crippen molar-refractivity contribution in [1.29, 1.82) is 0 Å². The van der Waals surface area contributed by atoms with Gasteiger partial charge in [-0.05, 0) is 6.42 Å². The maximum absolute atomic E-state index is 9.83. The van der Waals surface area contributed by atoms with Crippen LogP contribution in [0.15, 0.2) is 11.6 Å². The van der Waals surface area contributed by atoms with E-state index in [-0.39, 0.29) is 5.57 Å². The topological polar surface area (TPSA) is 34.1 Å².